The Balaban J connectivity index is 1.50. The van der Waals surface area contributed by atoms with Crippen molar-refractivity contribution in [1.82, 2.24) is 0 Å². The average Bonchev–Trinajstić information content (AvgIpc) is 2.81. The molecule has 6 heteroatoms. The number of carbonyl (C=O) groups is 1. The van der Waals surface area contributed by atoms with E-state index in [1.54, 1.807) is 30.3 Å². The molecule has 1 atom stereocenters. The van der Waals surface area contributed by atoms with Gasteiger partial charge >= 0.3 is 0 Å². The van der Waals surface area contributed by atoms with Crippen LogP contribution in [0, 0.1) is 17.0 Å². The molecule has 3 aromatic rings. The van der Waals surface area contributed by atoms with Gasteiger partial charge in [0.15, 0.2) is 5.78 Å². The summed E-state index contributed by atoms with van der Waals surface area (Å²) in [7, 11) is 0. The van der Waals surface area contributed by atoms with Crippen LogP contribution in [0.1, 0.15) is 34.6 Å². The minimum absolute atomic E-state index is 0.00419. The molecule has 0 spiro atoms. The highest BCUT2D eigenvalue weighted by molar-refractivity contribution is 5.93. The molecule has 0 fully saturated rings. The Morgan fingerprint density at radius 2 is 1.82 bits per heavy atom. The minimum Gasteiger partial charge on any atom is -0.489 e. The first-order valence-corrected chi connectivity index (χ1v) is 10.7. The van der Waals surface area contributed by atoms with Crippen molar-refractivity contribution in [2.24, 2.45) is 0 Å². The molecule has 1 unspecified atom stereocenters. The smallest absolute Gasteiger partial charge is 0.276 e. The first kappa shape index (κ1) is 20.7. The molecule has 1 heterocycles. The maximum atomic E-state index is 12.1. The van der Waals surface area contributed by atoms with Gasteiger partial charge in [-0.3, -0.25) is 14.9 Å². The van der Waals surface area contributed by atoms with Crippen molar-refractivity contribution >= 4 is 11.5 Å². The van der Waals surface area contributed by atoms with Crippen LogP contribution in [0.2, 0.25) is 0 Å². The second kappa shape index (κ2) is 8.39. The molecule has 0 saturated carbocycles. The minimum atomic E-state index is -0.414. The normalized spacial score (nSPS) is 16.6. The number of nitro groups is 1. The lowest BCUT2D eigenvalue weighted by atomic mass is 9.78. The van der Waals surface area contributed by atoms with Gasteiger partial charge < -0.3 is 9.47 Å². The van der Waals surface area contributed by atoms with Crippen molar-refractivity contribution in [1.29, 1.82) is 0 Å². The molecule has 3 aromatic carbocycles. The SMILES string of the molecule is Cc1ccccc1C1C2=C(CC(=O)C=C2)Oc2cc(OCc3ccccc3[N+](=O)[O-])ccc21. The fourth-order valence-electron chi connectivity index (χ4n) is 4.40. The van der Waals surface area contributed by atoms with E-state index in [1.165, 1.54) is 6.07 Å². The highest BCUT2D eigenvalue weighted by Crippen LogP contribution is 2.47. The summed E-state index contributed by atoms with van der Waals surface area (Å²) in [5, 5.41) is 11.3. The maximum Gasteiger partial charge on any atom is 0.276 e. The van der Waals surface area contributed by atoms with Gasteiger partial charge in [-0.05, 0) is 36.3 Å². The Hall–Kier alpha value is -4.19. The molecule has 0 saturated heterocycles. The third kappa shape index (κ3) is 3.91. The number of benzene rings is 3. The van der Waals surface area contributed by atoms with Crippen LogP contribution in [0.3, 0.4) is 0 Å². The highest BCUT2D eigenvalue weighted by atomic mass is 16.6. The molecule has 33 heavy (non-hydrogen) atoms. The van der Waals surface area contributed by atoms with E-state index in [-0.39, 0.29) is 30.4 Å². The third-order valence-electron chi connectivity index (χ3n) is 6.03. The average molecular weight is 439 g/mol. The number of ether oxygens (including phenoxy) is 2. The van der Waals surface area contributed by atoms with Gasteiger partial charge in [0.2, 0.25) is 0 Å². The molecule has 164 valence electrons. The number of carbonyl (C=O) groups excluding carboxylic acids is 1. The summed E-state index contributed by atoms with van der Waals surface area (Å²) in [4.78, 5) is 22.9. The predicted octanol–water partition coefficient (Wildman–Crippen LogP) is 5.79. The molecule has 0 amide bonds. The van der Waals surface area contributed by atoms with Crippen molar-refractivity contribution in [2.75, 3.05) is 0 Å². The van der Waals surface area contributed by atoms with Crippen molar-refractivity contribution in [3.05, 3.63) is 123 Å². The lowest BCUT2D eigenvalue weighted by Gasteiger charge is -2.32. The number of aryl methyl sites for hydroxylation is 1. The van der Waals surface area contributed by atoms with E-state index >= 15 is 0 Å². The van der Waals surface area contributed by atoms with Gasteiger partial charge in [-0.1, -0.05) is 48.5 Å². The molecule has 0 N–H and O–H groups in total. The zero-order valence-corrected chi connectivity index (χ0v) is 18.0. The fraction of sp³-hybridized carbons (Fsp3) is 0.148. The van der Waals surface area contributed by atoms with Crippen LogP contribution < -0.4 is 9.47 Å². The third-order valence-corrected chi connectivity index (χ3v) is 6.03. The summed E-state index contributed by atoms with van der Waals surface area (Å²) in [5.74, 6) is 1.77. The van der Waals surface area contributed by atoms with Gasteiger partial charge in [0.25, 0.3) is 5.69 Å². The van der Waals surface area contributed by atoms with Crippen molar-refractivity contribution in [3.8, 4) is 11.5 Å². The zero-order chi connectivity index (χ0) is 22.9. The van der Waals surface area contributed by atoms with E-state index < -0.39 is 4.92 Å². The second-order valence-corrected chi connectivity index (χ2v) is 8.12. The van der Waals surface area contributed by atoms with Gasteiger partial charge in [-0.25, -0.2) is 0 Å². The maximum absolute atomic E-state index is 12.1. The topological polar surface area (TPSA) is 78.7 Å². The number of para-hydroxylation sites is 1. The number of rotatable bonds is 5. The van der Waals surface area contributed by atoms with E-state index in [0.717, 1.165) is 22.3 Å². The Morgan fingerprint density at radius 1 is 1.03 bits per heavy atom. The molecule has 1 aliphatic heterocycles. The van der Waals surface area contributed by atoms with Crippen molar-refractivity contribution in [2.45, 2.75) is 25.9 Å². The van der Waals surface area contributed by atoms with Crippen molar-refractivity contribution < 1.29 is 19.2 Å². The molecule has 6 nitrogen and oxygen atoms in total. The van der Waals surface area contributed by atoms with Gasteiger partial charge in [0.05, 0.1) is 16.9 Å². The number of nitrogens with zero attached hydrogens (tertiary/aromatic N) is 1. The number of nitro benzene ring substituents is 1. The van der Waals surface area contributed by atoms with Crippen LogP contribution >= 0.6 is 0 Å². The molecular weight excluding hydrogens is 418 g/mol. The molecule has 5 rings (SSSR count). The van der Waals surface area contributed by atoms with Crippen molar-refractivity contribution in [3.63, 3.8) is 0 Å². The molecule has 0 bridgehead atoms. The largest absolute Gasteiger partial charge is 0.489 e. The van der Waals surface area contributed by atoms with Crippen LogP contribution in [0.4, 0.5) is 5.69 Å². The molecular formula is C27H21NO5. The monoisotopic (exact) mass is 439 g/mol. The molecule has 0 radical (unpaired) electrons. The van der Waals surface area contributed by atoms with E-state index in [0.29, 0.717) is 22.8 Å². The zero-order valence-electron chi connectivity index (χ0n) is 18.0. The lowest BCUT2D eigenvalue weighted by molar-refractivity contribution is -0.385. The summed E-state index contributed by atoms with van der Waals surface area (Å²) in [6.45, 7) is 2.14. The quantitative estimate of drug-likeness (QED) is 0.371. The van der Waals surface area contributed by atoms with Crippen LogP contribution in [0.15, 0.2) is 90.2 Å². The standard InChI is InChI=1S/C27H21NO5/c1-17-6-2-4-8-21(17)27-22-12-10-19(29)14-25(22)33-26-15-20(11-13-23(26)27)32-16-18-7-3-5-9-24(18)28(30)31/h2-13,15,27H,14,16H2,1H3. The number of hydrogen-bond acceptors (Lipinski definition) is 5. The summed E-state index contributed by atoms with van der Waals surface area (Å²) >= 11 is 0. The van der Waals surface area contributed by atoms with Gasteiger partial charge in [-0.2, -0.15) is 0 Å². The predicted molar refractivity (Wildman–Crippen MR) is 123 cm³/mol. The van der Waals surface area contributed by atoms with E-state index in [9.17, 15) is 14.9 Å². The molecule has 0 aromatic heterocycles. The number of hydrogen-bond donors (Lipinski definition) is 0. The van der Waals surface area contributed by atoms with E-state index in [2.05, 4.69) is 19.1 Å². The second-order valence-electron chi connectivity index (χ2n) is 8.12. The molecule has 1 aliphatic carbocycles. The first-order chi connectivity index (χ1) is 16.0. The van der Waals surface area contributed by atoms with E-state index in [4.69, 9.17) is 9.47 Å². The summed E-state index contributed by atoms with van der Waals surface area (Å²) in [6.07, 6.45) is 3.69. The van der Waals surface area contributed by atoms with Crippen LogP contribution in [0.25, 0.3) is 0 Å². The Morgan fingerprint density at radius 3 is 2.64 bits per heavy atom. The lowest BCUT2D eigenvalue weighted by Crippen LogP contribution is -2.20. The summed E-state index contributed by atoms with van der Waals surface area (Å²) in [6, 6.07) is 20.3. The summed E-state index contributed by atoms with van der Waals surface area (Å²) in [5.41, 5.74) is 4.80. The fourth-order valence-corrected chi connectivity index (χ4v) is 4.40. The number of ketones is 1. The molecule has 2 aliphatic rings. The Bertz CT molecular complexity index is 1340. The first-order valence-electron chi connectivity index (χ1n) is 10.7. The van der Waals surface area contributed by atoms with Gasteiger partial charge in [-0.15, -0.1) is 0 Å². The Kier molecular flexibility index (Phi) is 5.26. The van der Waals surface area contributed by atoms with Crippen LogP contribution in [-0.4, -0.2) is 10.7 Å². The Labute approximate surface area is 190 Å². The number of fused-ring (bicyclic) bond motifs is 1. The number of allylic oxidation sites excluding steroid dienone is 4. The van der Waals surface area contributed by atoms with Gasteiger partial charge in [0, 0.05) is 29.2 Å². The summed E-state index contributed by atoms with van der Waals surface area (Å²) < 4.78 is 12.1. The van der Waals surface area contributed by atoms with Crippen LogP contribution in [0.5, 0.6) is 11.5 Å². The van der Waals surface area contributed by atoms with Gasteiger partial charge in [0.1, 0.15) is 23.9 Å². The van der Waals surface area contributed by atoms with Crippen LogP contribution in [-0.2, 0) is 11.4 Å². The van der Waals surface area contributed by atoms with E-state index in [1.807, 2.05) is 30.3 Å². The highest BCUT2D eigenvalue weighted by Gasteiger charge is 2.33.